The molecule has 11 heteroatoms. The molecular formula is C20H27ClF3N5O2. The third-order valence-corrected chi connectivity index (χ3v) is 6.00. The summed E-state index contributed by atoms with van der Waals surface area (Å²) in [6.07, 6.45) is -2.51. The topological polar surface area (TPSA) is 68.8 Å². The fourth-order valence-electron chi connectivity index (χ4n) is 4.00. The molecule has 0 spiro atoms. The Morgan fingerprint density at radius 3 is 2.35 bits per heavy atom. The van der Waals surface area contributed by atoms with E-state index >= 15 is 0 Å². The first-order chi connectivity index (χ1) is 14.7. The number of alkyl halides is 3. The Hall–Kier alpha value is -2.07. The standard InChI is InChI=1S/C20H27ClF3N5O2/c1-2-25-17(30)13-27-7-9-29(10-8-27)19(31)14-3-5-28(6-4-14)18-16(21)11-15(12-26-18)20(22,23)24/h11-12,14H,2-10,13H2,1H3,(H,25,30). The van der Waals surface area contributed by atoms with Crippen molar-refractivity contribution in [3.05, 3.63) is 22.8 Å². The number of amides is 2. The van der Waals surface area contributed by atoms with Crippen LogP contribution in [0.4, 0.5) is 19.0 Å². The number of halogens is 4. The number of carbonyl (C=O) groups excluding carboxylic acids is 2. The highest BCUT2D eigenvalue weighted by Gasteiger charge is 2.34. The van der Waals surface area contributed by atoms with Gasteiger partial charge in [0.2, 0.25) is 11.8 Å². The molecule has 3 rings (SSSR count). The molecule has 0 radical (unpaired) electrons. The van der Waals surface area contributed by atoms with E-state index in [0.717, 1.165) is 12.3 Å². The van der Waals surface area contributed by atoms with Crippen molar-refractivity contribution >= 4 is 29.2 Å². The van der Waals surface area contributed by atoms with Gasteiger partial charge in [0.05, 0.1) is 17.1 Å². The Morgan fingerprint density at radius 1 is 1.16 bits per heavy atom. The van der Waals surface area contributed by atoms with Crippen molar-refractivity contribution in [2.24, 2.45) is 5.92 Å². The van der Waals surface area contributed by atoms with E-state index in [1.807, 2.05) is 21.6 Å². The van der Waals surface area contributed by atoms with Crippen LogP contribution in [0.1, 0.15) is 25.3 Å². The smallest absolute Gasteiger partial charge is 0.355 e. The number of rotatable bonds is 5. The molecule has 1 aromatic heterocycles. The SMILES string of the molecule is CCNC(=O)CN1CCN(C(=O)C2CCN(c3ncc(C(F)(F)F)cc3Cl)CC2)CC1. The molecule has 2 amide bonds. The maximum Gasteiger partial charge on any atom is 0.417 e. The molecule has 31 heavy (non-hydrogen) atoms. The fraction of sp³-hybridized carbons (Fsp3) is 0.650. The highest BCUT2D eigenvalue weighted by molar-refractivity contribution is 6.33. The molecule has 0 bridgehead atoms. The molecule has 0 unspecified atom stereocenters. The van der Waals surface area contributed by atoms with Crippen molar-refractivity contribution in [2.75, 3.05) is 57.3 Å². The minimum Gasteiger partial charge on any atom is -0.355 e. The number of nitrogens with one attached hydrogen (secondary N) is 1. The lowest BCUT2D eigenvalue weighted by molar-refractivity contribution is -0.139. The Balaban J connectivity index is 1.49. The molecule has 2 aliphatic heterocycles. The maximum atomic E-state index is 12.9. The average molecular weight is 462 g/mol. The first-order valence-corrected chi connectivity index (χ1v) is 10.8. The van der Waals surface area contributed by atoms with E-state index in [2.05, 4.69) is 10.3 Å². The van der Waals surface area contributed by atoms with Gasteiger partial charge in [0.1, 0.15) is 5.82 Å². The van der Waals surface area contributed by atoms with Gasteiger partial charge in [-0.25, -0.2) is 4.98 Å². The lowest BCUT2D eigenvalue weighted by Crippen LogP contribution is -2.53. The minimum absolute atomic E-state index is 0.00909. The molecule has 7 nitrogen and oxygen atoms in total. The second-order valence-corrected chi connectivity index (χ2v) is 8.25. The van der Waals surface area contributed by atoms with Gasteiger partial charge in [-0.3, -0.25) is 14.5 Å². The summed E-state index contributed by atoms with van der Waals surface area (Å²) in [6.45, 7) is 6.33. The number of hydrogen-bond donors (Lipinski definition) is 1. The lowest BCUT2D eigenvalue weighted by Gasteiger charge is -2.38. The van der Waals surface area contributed by atoms with Crippen LogP contribution >= 0.6 is 11.6 Å². The molecule has 0 atom stereocenters. The second kappa shape index (κ2) is 10.0. The zero-order valence-electron chi connectivity index (χ0n) is 17.4. The van der Waals surface area contributed by atoms with Crippen LogP contribution in [0.5, 0.6) is 0 Å². The number of likely N-dealkylation sites (N-methyl/N-ethyl adjacent to an activating group) is 1. The third-order valence-electron chi connectivity index (χ3n) is 5.72. The average Bonchev–Trinajstić information content (AvgIpc) is 2.73. The van der Waals surface area contributed by atoms with Gasteiger partial charge in [-0.2, -0.15) is 13.2 Å². The molecular weight excluding hydrogens is 435 g/mol. The number of pyridine rings is 1. The van der Waals surface area contributed by atoms with Crippen LogP contribution in [0.3, 0.4) is 0 Å². The summed E-state index contributed by atoms with van der Waals surface area (Å²) >= 11 is 6.05. The maximum absolute atomic E-state index is 12.9. The Kier molecular flexibility index (Phi) is 7.64. The zero-order valence-corrected chi connectivity index (χ0v) is 18.2. The van der Waals surface area contributed by atoms with Crippen LogP contribution in [0.2, 0.25) is 5.02 Å². The molecule has 0 saturated carbocycles. The van der Waals surface area contributed by atoms with Gasteiger partial charge in [-0.1, -0.05) is 11.6 Å². The molecule has 3 heterocycles. The van der Waals surface area contributed by atoms with E-state index in [0.29, 0.717) is 71.0 Å². The third kappa shape index (κ3) is 6.00. The summed E-state index contributed by atoms with van der Waals surface area (Å²) < 4.78 is 38.4. The summed E-state index contributed by atoms with van der Waals surface area (Å²) in [6, 6.07) is 0.890. The monoisotopic (exact) mass is 461 g/mol. The quantitative estimate of drug-likeness (QED) is 0.728. The molecule has 2 saturated heterocycles. The molecule has 1 aromatic rings. The molecule has 0 aromatic carbocycles. The summed E-state index contributed by atoms with van der Waals surface area (Å²) in [5.74, 6) is 0.285. The summed E-state index contributed by atoms with van der Waals surface area (Å²) in [5, 5.41) is 2.74. The highest BCUT2D eigenvalue weighted by Crippen LogP contribution is 2.34. The summed E-state index contributed by atoms with van der Waals surface area (Å²) in [4.78, 5) is 34.2. The van der Waals surface area contributed by atoms with Crippen molar-refractivity contribution in [3.63, 3.8) is 0 Å². The largest absolute Gasteiger partial charge is 0.417 e. The van der Waals surface area contributed by atoms with Crippen molar-refractivity contribution in [2.45, 2.75) is 25.9 Å². The molecule has 2 aliphatic rings. The molecule has 2 fully saturated rings. The van der Waals surface area contributed by atoms with Gasteiger partial charge in [0.25, 0.3) is 0 Å². The number of piperidine rings is 1. The predicted molar refractivity (Wildman–Crippen MR) is 111 cm³/mol. The predicted octanol–water partition coefficient (Wildman–Crippen LogP) is 2.25. The number of piperazine rings is 1. The molecule has 172 valence electrons. The second-order valence-electron chi connectivity index (χ2n) is 7.84. The van der Waals surface area contributed by atoms with Crippen molar-refractivity contribution in [1.29, 1.82) is 0 Å². The van der Waals surface area contributed by atoms with Gasteiger partial charge < -0.3 is 15.1 Å². The Bertz CT molecular complexity index is 792. The van der Waals surface area contributed by atoms with Gasteiger partial charge in [0.15, 0.2) is 0 Å². The molecule has 1 N–H and O–H groups in total. The van der Waals surface area contributed by atoms with Crippen LogP contribution in [0.25, 0.3) is 0 Å². The van der Waals surface area contributed by atoms with Gasteiger partial charge >= 0.3 is 6.18 Å². The minimum atomic E-state index is -4.49. The van der Waals surface area contributed by atoms with Gasteiger partial charge in [0, 0.05) is 57.9 Å². The van der Waals surface area contributed by atoms with Crippen LogP contribution < -0.4 is 10.2 Å². The van der Waals surface area contributed by atoms with Crippen molar-refractivity contribution in [3.8, 4) is 0 Å². The first kappa shape index (κ1) is 23.6. The number of anilines is 1. The number of hydrogen-bond acceptors (Lipinski definition) is 5. The normalized spacial score (nSPS) is 18.9. The highest BCUT2D eigenvalue weighted by atomic mass is 35.5. The summed E-state index contributed by atoms with van der Waals surface area (Å²) in [7, 11) is 0. The van der Waals surface area contributed by atoms with E-state index in [1.54, 1.807) is 0 Å². The van der Waals surface area contributed by atoms with Gasteiger partial charge in [-0.15, -0.1) is 0 Å². The summed E-state index contributed by atoms with van der Waals surface area (Å²) in [5.41, 5.74) is -0.877. The number of aromatic nitrogens is 1. The van der Waals surface area contributed by atoms with E-state index in [1.165, 1.54) is 0 Å². The van der Waals surface area contributed by atoms with Crippen LogP contribution in [0.15, 0.2) is 12.3 Å². The number of carbonyl (C=O) groups is 2. The van der Waals surface area contributed by atoms with Crippen LogP contribution in [-0.4, -0.2) is 79.0 Å². The van der Waals surface area contributed by atoms with Crippen LogP contribution in [0, 0.1) is 5.92 Å². The zero-order chi connectivity index (χ0) is 22.6. The van der Waals surface area contributed by atoms with Gasteiger partial charge in [-0.05, 0) is 25.8 Å². The molecule has 0 aliphatic carbocycles. The van der Waals surface area contributed by atoms with E-state index in [-0.39, 0.29) is 22.8 Å². The first-order valence-electron chi connectivity index (χ1n) is 10.4. The number of nitrogens with zero attached hydrogens (tertiary/aromatic N) is 4. The van der Waals surface area contributed by atoms with E-state index in [9.17, 15) is 22.8 Å². The fourth-order valence-corrected chi connectivity index (χ4v) is 4.28. The Labute approximate surface area is 184 Å². The van der Waals surface area contributed by atoms with Crippen molar-refractivity contribution in [1.82, 2.24) is 20.1 Å². The van der Waals surface area contributed by atoms with Crippen LogP contribution in [-0.2, 0) is 15.8 Å². The van der Waals surface area contributed by atoms with Crippen molar-refractivity contribution < 1.29 is 22.8 Å². The van der Waals surface area contributed by atoms with E-state index < -0.39 is 11.7 Å². The van der Waals surface area contributed by atoms with E-state index in [4.69, 9.17) is 11.6 Å². The Morgan fingerprint density at radius 2 is 1.81 bits per heavy atom. The lowest BCUT2D eigenvalue weighted by atomic mass is 9.95.